The van der Waals surface area contributed by atoms with Crippen molar-refractivity contribution in [3.05, 3.63) is 56.4 Å². The molecule has 0 saturated carbocycles. The van der Waals surface area contributed by atoms with Gasteiger partial charge in [-0.15, -0.1) is 22.0 Å². The number of hydrogen-bond acceptors (Lipinski definition) is 10. The maximum Gasteiger partial charge on any atom is 0.356 e. The highest BCUT2D eigenvalue weighted by Gasteiger charge is 2.60. The number of ether oxygens (including phenoxy) is 1. The summed E-state index contributed by atoms with van der Waals surface area (Å²) in [6, 6.07) is 5.47. The van der Waals surface area contributed by atoms with E-state index in [1.165, 1.54) is 29.2 Å². The van der Waals surface area contributed by atoms with Gasteiger partial charge in [0.1, 0.15) is 18.1 Å². The molecule has 1 N–H and O–H groups in total. The standard InChI is InChI=1S/C23H25N5O6S2/c1-11-18-17(12(2)29)21(30)27(18)19(22(31)34-9-14-4-6-15(7-5-14)28(32)33)20(11)36-16-8-26-13(3)24-25-23(26)35-10-16/h4-7,11-12,16-18,29H,8-10H2,1-3H3/t11-,12-,16?,17-,18-/m1/s1. The molecule has 190 valence electrons. The number of aromatic nitrogens is 3. The predicted molar refractivity (Wildman–Crippen MR) is 132 cm³/mol. The molecule has 2 aromatic rings. The minimum absolute atomic E-state index is 0.0499. The quantitative estimate of drug-likeness (QED) is 0.245. The lowest BCUT2D eigenvalue weighted by molar-refractivity contribution is -0.384. The number of fused-ring (bicyclic) bond motifs is 2. The Labute approximate surface area is 215 Å². The molecule has 3 aliphatic rings. The molecule has 4 heterocycles. The first-order valence-corrected chi connectivity index (χ1v) is 13.4. The smallest absolute Gasteiger partial charge is 0.356 e. The van der Waals surface area contributed by atoms with Gasteiger partial charge in [-0.2, -0.15) is 0 Å². The van der Waals surface area contributed by atoms with Crippen LogP contribution in [0.2, 0.25) is 0 Å². The van der Waals surface area contributed by atoms with Gasteiger partial charge in [0.2, 0.25) is 5.91 Å². The Morgan fingerprint density at radius 1 is 1.36 bits per heavy atom. The summed E-state index contributed by atoms with van der Waals surface area (Å²) in [5.74, 6) is 0.00229. The number of nitrogens with zero attached hydrogens (tertiary/aromatic N) is 5. The summed E-state index contributed by atoms with van der Waals surface area (Å²) >= 11 is 3.18. The van der Waals surface area contributed by atoms with Crippen LogP contribution in [0.25, 0.3) is 0 Å². The van der Waals surface area contributed by atoms with E-state index in [9.17, 15) is 24.8 Å². The van der Waals surface area contributed by atoms with Gasteiger partial charge in [0, 0.05) is 40.5 Å². The summed E-state index contributed by atoms with van der Waals surface area (Å²) in [6.07, 6.45) is -0.824. The van der Waals surface area contributed by atoms with Crippen LogP contribution < -0.4 is 0 Å². The highest BCUT2D eigenvalue weighted by molar-refractivity contribution is 8.05. The number of amides is 1. The summed E-state index contributed by atoms with van der Waals surface area (Å²) < 4.78 is 7.63. The number of nitro groups is 1. The number of rotatable bonds is 7. The Hall–Kier alpha value is -2.90. The fourth-order valence-corrected chi connectivity index (χ4v) is 7.56. The molecule has 13 heteroatoms. The van der Waals surface area contributed by atoms with Gasteiger partial charge in [-0.1, -0.05) is 18.7 Å². The molecular weight excluding hydrogens is 506 g/mol. The average Bonchev–Trinajstić information content (AvgIpc) is 3.33. The number of β-lactam (4-membered cyclic amide) rings is 1. The van der Waals surface area contributed by atoms with Crippen molar-refractivity contribution in [2.24, 2.45) is 11.8 Å². The second kappa shape index (κ2) is 9.52. The van der Waals surface area contributed by atoms with Gasteiger partial charge in [-0.25, -0.2) is 4.79 Å². The fourth-order valence-electron chi connectivity index (χ4n) is 4.95. The zero-order valence-corrected chi connectivity index (χ0v) is 21.5. The van der Waals surface area contributed by atoms with Crippen LogP contribution in [0.1, 0.15) is 25.2 Å². The van der Waals surface area contributed by atoms with Crippen LogP contribution in [0.5, 0.6) is 0 Å². The Morgan fingerprint density at radius 3 is 2.75 bits per heavy atom. The minimum Gasteiger partial charge on any atom is -0.456 e. The zero-order valence-electron chi connectivity index (χ0n) is 19.9. The number of benzene rings is 1. The lowest BCUT2D eigenvalue weighted by Gasteiger charge is -2.46. The van der Waals surface area contributed by atoms with E-state index in [0.717, 1.165) is 21.6 Å². The third-order valence-electron chi connectivity index (χ3n) is 6.80. The largest absolute Gasteiger partial charge is 0.456 e. The topological polar surface area (TPSA) is 141 Å². The van der Waals surface area contributed by atoms with Crippen molar-refractivity contribution in [3.63, 3.8) is 0 Å². The maximum absolute atomic E-state index is 13.3. The lowest BCUT2D eigenvalue weighted by atomic mass is 9.79. The number of aliphatic hydroxyl groups is 1. The van der Waals surface area contributed by atoms with Gasteiger partial charge >= 0.3 is 5.97 Å². The molecule has 36 heavy (non-hydrogen) atoms. The van der Waals surface area contributed by atoms with Crippen LogP contribution in [0.15, 0.2) is 40.0 Å². The number of hydrogen-bond donors (Lipinski definition) is 1. The molecule has 1 aromatic heterocycles. The van der Waals surface area contributed by atoms with Gasteiger partial charge in [0.05, 0.1) is 23.0 Å². The average molecular weight is 532 g/mol. The molecule has 1 aromatic carbocycles. The first-order valence-electron chi connectivity index (χ1n) is 11.5. The molecule has 3 aliphatic heterocycles. The van der Waals surface area contributed by atoms with Gasteiger partial charge in [0.25, 0.3) is 5.69 Å². The molecule has 0 aliphatic carbocycles. The SMILES string of the molecule is Cc1nnc2n1CC(SC1=C(C(=O)OCc3ccc([N+](=O)[O-])cc3)N3C(=O)[C@H]([C@@H](C)O)[C@H]3[C@H]1C)CS2. The van der Waals surface area contributed by atoms with Crippen LogP contribution in [0, 0.1) is 28.9 Å². The van der Waals surface area contributed by atoms with E-state index in [0.29, 0.717) is 12.1 Å². The summed E-state index contributed by atoms with van der Waals surface area (Å²) in [7, 11) is 0. The Bertz CT molecular complexity index is 1260. The molecule has 0 radical (unpaired) electrons. The number of thioether (sulfide) groups is 2. The summed E-state index contributed by atoms with van der Waals surface area (Å²) in [5, 5.41) is 30.4. The number of non-ortho nitro benzene ring substituents is 1. The zero-order chi connectivity index (χ0) is 25.7. The van der Waals surface area contributed by atoms with Crippen molar-refractivity contribution in [1.82, 2.24) is 19.7 Å². The van der Waals surface area contributed by atoms with Crippen molar-refractivity contribution < 1.29 is 24.4 Å². The van der Waals surface area contributed by atoms with Crippen molar-refractivity contribution in [3.8, 4) is 0 Å². The molecule has 1 amide bonds. The number of aliphatic hydroxyl groups excluding tert-OH is 1. The second-order valence-electron chi connectivity index (χ2n) is 9.16. The monoisotopic (exact) mass is 531 g/mol. The minimum atomic E-state index is -0.824. The number of carbonyl (C=O) groups is 2. The number of aryl methyl sites for hydroxylation is 1. The van der Waals surface area contributed by atoms with Gasteiger partial charge in [-0.3, -0.25) is 14.9 Å². The first kappa shape index (κ1) is 24.8. The summed E-state index contributed by atoms with van der Waals surface area (Å²) in [6.45, 7) is 6.08. The molecule has 5 rings (SSSR count). The van der Waals surface area contributed by atoms with E-state index in [2.05, 4.69) is 14.8 Å². The fraction of sp³-hybridized carbons (Fsp3) is 0.478. The highest BCUT2D eigenvalue weighted by atomic mass is 32.2. The van der Waals surface area contributed by atoms with E-state index >= 15 is 0 Å². The van der Waals surface area contributed by atoms with Gasteiger partial charge in [-0.05, 0) is 31.5 Å². The molecule has 11 nitrogen and oxygen atoms in total. The molecule has 1 unspecified atom stereocenters. The number of carbonyl (C=O) groups excluding carboxylic acids is 2. The van der Waals surface area contributed by atoms with E-state index in [1.807, 2.05) is 13.8 Å². The van der Waals surface area contributed by atoms with Gasteiger partial charge < -0.3 is 19.3 Å². The molecule has 1 fully saturated rings. The third-order valence-corrected chi connectivity index (χ3v) is 9.61. The van der Waals surface area contributed by atoms with Crippen molar-refractivity contribution in [2.45, 2.75) is 56.5 Å². The van der Waals surface area contributed by atoms with Crippen molar-refractivity contribution >= 4 is 41.1 Å². The molecule has 5 atom stereocenters. The van der Waals surface area contributed by atoms with Crippen molar-refractivity contribution in [2.75, 3.05) is 5.75 Å². The van der Waals surface area contributed by atoms with Crippen LogP contribution in [-0.4, -0.2) is 64.7 Å². The van der Waals surface area contributed by atoms with E-state index in [4.69, 9.17) is 4.74 Å². The predicted octanol–water partition coefficient (Wildman–Crippen LogP) is 2.51. The van der Waals surface area contributed by atoms with Crippen LogP contribution in [0.4, 0.5) is 5.69 Å². The lowest BCUT2D eigenvalue weighted by Crippen LogP contribution is -2.63. The van der Waals surface area contributed by atoms with Crippen LogP contribution in [0.3, 0.4) is 0 Å². The van der Waals surface area contributed by atoms with E-state index in [1.54, 1.807) is 30.4 Å². The van der Waals surface area contributed by atoms with E-state index in [-0.39, 0.29) is 41.1 Å². The van der Waals surface area contributed by atoms with Crippen LogP contribution in [-0.2, 0) is 27.5 Å². The van der Waals surface area contributed by atoms with Crippen LogP contribution >= 0.6 is 23.5 Å². The maximum atomic E-state index is 13.3. The Balaban J connectivity index is 1.38. The normalized spacial score (nSPS) is 25.8. The number of nitro benzene ring substituents is 1. The third kappa shape index (κ3) is 4.18. The first-order chi connectivity index (χ1) is 17.2. The van der Waals surface area contributed by atoms with E-state index < -0.39 is 22.9 Å². The Kier molecular flexibility index (Phi) is 6.55. The summed E-state index contributed by atoms with van der Waals surface area (Å²) in [4.78, 5) is 38.9. The number of esters is 1. The molecule has 0 bridgehead atoms. The molecule has 0 spiro atoms. The molecule has 1 saturated heterocycles. The van der Waals surface area contributed by atoms with Crippen molar-refractivity contribution in [1.29, 1.82) is 0 Å². The Morgan fingerprint density at radius 2 is 2.08 bits per heavy atom. The highest BCUT2D eigenvalue weighted by Crippen LogP contribution is 2.52. The van der Waals surface area contributed by atoms with Gasteiger partial charge in [0.15, 0.2) is 5.16 Å². The second-order valence-corrected chi connectivity index (χ2v) is 11.5. The molecular formula is C23H25N5O6S2. The summed E-state index contributed by atoms with van der Waals surface area (Å²) in [5.41, 5.74) is 0.783.